The highest BCUT2D eigenvalue weighted by atomic mass is 127. The lowest BCUT2D eigenvalue weighted by molar-refractivity contribution is 0.282. The van der Waals surface area contributed by atoms with Gasteiger partial charge in [-0.3, -0.25) is 0 Å². The van der Waals surface area contributed by atoms with Crippen LogP contribution >= 0.6 is 22.6 Å². The molecule has 0 amide bonds. The van der Waals surface area contributed by atoms with Gasteiger partial charge in [0.25, 0.3) is 0 Å². The van der Waals surface area contributed by atoms with Gasteiger partial charge in [0, 0.05) is 0 Å². The van der Waals surface area contributed by atoms with E-state index in [9.17, 15) is 5.26 Å². The van der Waals surface area contributed by atoms with E-state index in [-0.39, 0.29) is 0 Å². The molecule has 0 heterocycles. The van der Waals surface area contributed by atoms with Crippen molar-refractivity contribution < 1.29 is 9.47 Å². The van der Waals surface area contributed by atoms with Gasteiger partial charge in [-0.05, 0) is 64.4 Å². The maximum Gasteiger partial charge on any atom is 0.174 e. The summed E-state index contributed by atoms with van der Waals surface area (Å²) in [5, 5.41) is 9.59. The maximum absolute atomic E-state index is 9.59. The standard InChI is InChI=1S/C24H20INO2/c1-17-8-10-20(11-9-17)21(15-26)12-19-13-22(25)24(23(14-19)27-2)28-16-18-6-4-3-5-7-18/h3-14H,16H2,1-2H3/b21-12-. The van der Waals surface area contributed by atoms with E-state index >= 15 is 0 Å². The molecule has 0 saturated heterocycles. The number of hydrogen-bond donors (Lipinski definition) is 0. The molecule has 3 rings (SSSR count). The number of nitriles is 1. The molecule has 0 aliphatic heterocycles. The fourth-order valence-electron chi connectivity index (χ4n) is 2.77. The lowest BCUT2D eigenvalue weighted by Crippen LogP contribution is -2.00. The largest absolute Gasteiger partial charge is 0.493 e. The number of aryl methyl sites for hydroxylation is 1. The van der Waals surface area contributed by atoms with Gasteiger partial charge in [0.15, 0.2) is 11.5 Å². The summed E-state index contributed by atoms with van der Waals surface area (Å²) in [6.07, 6.45) is 1.87. The van der Waals surface area contributed by atoms with E-state index in [2.05, 4.69) is 28.7 Å². The van der Waals surface area contributed by atoms with E-state index in [1.54, 1.807) is 7.11 Å². The van der Waals surface area contributed by atoms with Crippen molar-refractivity contribution in [2.75, 3.05) is 7.11 Å². The van der Waals surface area contributed by atoms with Gasteiger partial charge < -0.3 is 9.47 Å². The number of nitrogens with zero attached hydrogens (tertiary/aromatic N) is 1. The summed E-state index contributed by atoms with van der Waals surface area (Å²) >= 11 is 2.24. The average molecular weight is 481 g/mol. The predicted octanol–water partition coefficient (Wildman–Crippen LogP) is 6.25. The molecule has 0 aromatic heterocycles. The monoisotopic (exact) mass is 481 g/mol. The lowest BCUT2D eigenvalue weighted by Gasteiger charge is -2.14. The van der Waals surface area contributed by atoms with Gasteiger partial charge in [-0.25, -0.2) is 0 Å². The Labute approximate surface area is 179 Å². The molecule has 0 radical (unpaired) electrons. The Hall–Kier alpha value is -2.78. The van der Waals surface area contributed by atoms with Crippen molar-refractivity contribution in [3.8, 4) is 17.6 Å². The summed E-state index contributed by atoms with van der Waals surface area (Å²) in [6.45, 7) is 2.50. The fourth-order valence-corrected chi connectivity index (χ4v) is 3.55. The smallest absolute Gasteiger partial charge is 0.174 e. The van der Waals surface area contributed by atoms with Gasteiger partial charge >= 0.3 is 0 Å². The first-order chi connectivity index (χ1) is 13.6. The van der Waals surface area contributed by atoms with Crippen LogP contribution in [0.15, 0.2) is 66.7 Å². The number of halogens is 1. The van der Waals surface area contributed by atoms with Gasteiger partial charge in [-0.15, -0.1) is 0 Å². The molecule has 0 spiro atoms. The first kappa shape index (κ1) is 20.0. The first-order valence-electron chi connectivity index (χ1n) is 8.84. The summed E-state index contributed by atoms with van der Waals surface area (Å²) in [7, 11) is 1.62. The summed E-state index contributed by atoms with van der Waals surface area (Å²) in [5.41, 5.74) is 4.65. The number of methoxy groups -OCH3 is 1. The van der Waals surface area contributed by atoms with Crippen molar-refractivity contribution in [1.29, 1.82) is 5.26 Å². The van der Waals surface area contributed by atoms with E-state index in [1.807, 2.05) is 79.7 Å². The van der Waals surface area contributed by atoms with Crippen molar-refractivity contribution in [2.24, 2.45) is 0 Å². The number of hydrogen-bond acceptors (Lipinski definition) is 3. The number of rotatable bonds is 6. The lowest BCUT2D eigenvalue weighted by atomic mass is 10.0. The number of benzene rings is 3. The molecule has 0 aliphatic carbocycles. The molecular weight excluding hydrogens is 461 g/mol. The van der Waals surface area contributed by atoms with Gasteiger partial charge in [0.05, 0.1) is 22.3 Å². The number of allylic oxidation sites excluding steroid dienone is 1. The maximum atomic E-state index is 9.59. The minimum Gasteiger partial charge on any atom is -0.493 e. The van der Waals surface area contributed by atoms with Crippen molar-refractivity contribution in [1.82, 2.24) is 0 Å². The van der Waals surface area contributed by atoms with Gasteiger partial charge in [0.1, 0.15) is 6.61 Å². The molecule has 28 heavy (non-hydrogen) atoms. The molecule has 3 aromatic carbocycles. The second-order valence-corrected chi connectivity index (χ2v) is 7.51. The van der Waals surface area contributed by atoms with Crippen molar-refractivity contribution in [3.63, 3.8) is 0 Å². The Bertz CT molecular complexity index is 1020. The average Bonchev–Trinajstić information content (AvgIpc) is 2.72. The van der Waals surface area contributed by atoms with Gasteiger partial charge in [-0.1, -0.05) is 60.2 Å². The van der Waals surface area contributed by atoms with Crippen LogP contribution in [0, 0.1) is 21.8 Å². The highest BCUT2D eigenvalue weighted by Crippen LogP contribution is 2.35. The Morgan fingerprint density at radius 3 is 2.43 bits per heavy atom. The van der Waals surface area contributed by atoms with Crippen LogP contribution in [-0.2, 0) is 6.61 Å². The van der Waals surface area contributed by atoms with Gasteiger partial charge in [-0.2, -0.15) is 5.26 Å². The summed E-state index contributed by atoms with van der Waals surface area (Å²) in [4.78, 5) is 0. The van der Waals surface area contributed by atoms with Crippen LogP contribution in [0.4, 0.5) is 0 Å². The Balaban J connectivity index is 1.89. The molecule has 0 unspecified atom stereocenters. The zero-order valence-electron chi connectivity index (χ0n) is 15.8. The van der Waals surface area contributed by atoms with Crippen LogP contribution in [0.3, 0.4) is 0 Å². The van der Waals surface area contributed by atoms with Crippen molar-refractivity contribution >= 4 is 34.2 Å². The van der Waals surface area contributed by atoms with Crippen molar-refractivity contribution in [3.05, 3.63) is 92.6 Å². The molecule has 0 aliphatic rings. The van der Waals surface area contributed by atoms with E-state index < -0.39 is 0 Å². The Kier molecular flexibility index (Phi) is 6.72. The van der Waals surface area contributed by atoms with Crippen LogP contribution in [-0.4, -0.2) is 7.11 Å². The Morgan fingerprint density at radius 1 is 1.07 bits per heavy atom. The molecule has 3 aromatic rings. The third-order valence-electron chi connectivity index (χ3n) is 4.27. The second kappa shape index (κ2) is 9.43. The Morgan fingerprint density at radius 2 is 1.79 bits per heavy atom. The van der Waals surface area contributed by atoms with Crippen molar-refractivity contribution in [2.45, 2.75) is 13.5 Å². The highest BCUT2D eigenvalue weighted by Gasteiger charge is 2.12. The third kappa shape index (κ3) is 4.93. The van der Waals surface area contributed by atoms with E-state index in [1.165, 1.54) is 0 Å². The normalized spacial score (nSPS) is 11.0. The van der Waals surface area contributed by atoms with Crippen LogP contribution in [0.5, 0.6) is 11.5 Å². The topological polar surface area (TPSA) is 42.2 Å². The molecule has 0 saturated carbocycles. The molecule has 0 atom stereocenters. The van der Waals surface area contributed by atoms with Crippen LogP contribution < -0.4 is 9.47 Å². The quantitative estimate of drug-likeness (QED) is 0.238. The molecule has 0 bridgehead atoms. The van der Waals surface area contributed by atoms with E-state index in [0.717, 1.165) is 25.8 Å². The minimum atomic E-state index is 0.467. The van der Waals surface area contributed by atoms with E-state index in [0.29, 0.717) is 23.7 Å². The summed E-state index contributed by atoms with van der Waals surface area (Å²) in [5.74, 6) is 1.35. The summed E-state index contributed by atoms with van der Waals surface area (Å²) < 4.78 is 12.5. The molecule has 4 heteroatoms. The van der Waals surface area contributed by atoms with Crippen LogP contribution in [0.1, 0.15) is 22.3 Å². The second-order valence-electron chi connectivity index (χ2n) is 6.34. The number of ether oxygens (including phenoxy) is 2. The fraction of sp³-hybridized carbons (Fsp3) is 0.125. The minimum absolute atomic E-state index is 0.467. The zero-order chi connectivity index (χ0) is 19.9. The van der Waals surface area contributed by atoms with Crippen LogP contribution in [0.25, 0.3) is 11.6 Å². The SMILES string of the molecule is COc1cc(/C=C(/C#N)c2ccc(C)cc2)cc(I)c1OCc1ccccc1. The zero-order valence-corrected chi connectivity index (χ0v) is 17.9. The van der Waals surface area contributed by atoms with E-state index in [4.69, 9.17) is 9.47 Å². The third-order valence-corrected chi connectivity index (χ3v) is 5.07. The molecule has 3 nitrogen and oxygen atoms in total. The molecule has 0 fully saturated rings. The first-order valence-corrected chi connectivity index (χ1v) is 9.91. The van der Waals surface area contributed by atoms with Gasteiger partial charge in [0.2, 0.25) is 0 Å². The molecule has 0 N–H and O–H groups in total. The summed E-state index contributed by atoms with van der Waals surface area (Å²) in [6, 6.07) is 24.1. The van der Waals surface area contributed by atoms with Crippen LogP contribution in [0.2, 0.25) is 0 Å². The highest BCUT2D eigenvalue weighted by molar-refractivity contribution is 14.1. The molecule has 140 valence electrons. The molecular formula is C24H20INO2. The predicted molar refractivity (Wildman–Crippen MR) is 121 cm³/mol.